The zero-order chi connectivity index (χ0) is 11.9. The maximum absolute atomic E-state index is 12.9. The Hall–Kier alpha value is -0.290. The molecule has 2 aliphatic carbocycles. The van der Waals surface area contributed by atoms with Crippen LogP contribution in [0, 0.1) is 5.92 Å². The minimum Gasteiger partial charge on any atom is -0.393 e. The van der Waals surface area contributed by atoms with Gasteiger partial charge in [-0.15, -0.1) is 0 Å². The van der Waals surface area contributed by atoms with E-state index in [9.17, 15) is 18.3 Å². The lowest BCUT2D eigenvalue weighted by atomic mass is 9.81. The summed E-state index contributed by atoms with van der Waals surface area (Å²) in [6.45, 7) is 0. The minimum absolute atomic E-state index is 0.0619. The molecule has 2 nitrogen and oxygen atoms in total. The molecule has 2 rings (SSSR count). The fourth-order valence-corrected chi connectivity index (χ4v) is 2.71. The molecule has 0 bridgehead atoms. The van der Waals surface area contributed by atoms with Crippen LogP contribution in [0.1, 0.15) is 32.1 Å². The third kappa shape index (κ3) is 2.51. The second-order valence-corrected chi connectivity index (χ2v) is 5.08. The summed E-state index contributed by atoms with van der Waals surface area (Å²) in [6.07, 6.45) is -2.11. The highest BCUT2D eigenvalue weighted by atomic mass is 19.4. The summed E-state index contributed by atoms with van der Waals surface area (Å²) in [5, 5.41) is 9.52. The average molecular weight is 237 g/mol. The number of aliphatic hydroxyl groups excluding tert-OH is 1. The van der Waals surface area contributed by atoms with Gasteiger partial charge in [0.2, 0.25) is 0 Å². The van der Waals surface area contributed by atoms with Crippen LogP contribution in [-0.4, -0.2) is 41.4 Å². The second-order valence-electron chi connectivity index (χ2n) is 5.08. The zero-order valence-electron chi connectivity index (χ0n) is 9.37. The second kappa shape index (κ2) is 4.18. The van der Waals surface area contributed by atoms with Gasteiger partial charge in [-0.25, -0.2) is 0 Å². The van der Waals surface area contributed by atoms with Crippen LogP contribution in [0.25, 0.3) is 0 Å². The third-order valence-electron chi connectivity index (χ3n) is 3.86. The van der Waals surface area contributed by atoms with Crippen molar-refractivity contribution in [3.05, 3.63) is 0 Å². The molecule has 2 fully saturated rings. The summed E-state index contributed by atoms with van der Waals surface area (Å²) >= 11 is 0. The van der Waals surface area contributed by atoms with Crippen LogP contribution < -0.4 is 0 Å². The minimum atomic E-state index is -4.13. The van der Waals surface area contributed by atoms with Crippen molar-refractivity contribution in [3.63, 3.8) is 0 Å². The fraction of sp³-hybridized carbons (Fsp3) is 1.00. The molecule has 3 unspecified atom stereocenters. The summed E-state index contributed by atoms with van der Waals surface area (Å²) in [5.74, 6) is -1.26. The summed E-state index contributed by atoms with van der Waals surface area (Å²) < 4.78 is 38.6. The van der Waals surface area contributed by atoms with Crippen LogP contribution in [-0.2, 0) is 0 Å². The molecule has 0 spiro atoms. The number of aliphatic hydroxyl groups is 1. The summed E-state index contributed by atoms with van der Waals surface area (Å²) in [5.41, 5.74) is 0. The molecule has 0 aliphatic heterocycles. The van der Waals surface area contributed by atoms with Gasteiger partial charge in [0.05, 0.1) is 12.0 Å². The Labute approximate surface area is 93.4 Å². The van der Waals surface area contributed by atoms with E-state index in [1.807, 2.05) is 4.90 Å². The van der Waals surface area contributed by atoms with E-state index in [0.29, 0.717) is 6.04 Å². The fourth-order valence-electron chi connectivity index (χ4n) is 2.71. The lowest BCUT2D eigenvalue weighted by Crippen LogP contribution is -2.49. The van der Waals surface area contributed by atoms with Crippen LogP contribution in [0.4, 0.5) is 13.2 Å². The number of rotatable bonds is 2. The smallest absolute Gasteiger partial charge is 0.393 e. The maximum Gasteiger partial charge on any atom is 0.393 e. The molecular formula is C11H18F3NO. The van der Waals surface area contributed by atoms with E-state index in [0.717, 1.165) is 12.8 Å². The molecule has 0 aromatic heterocycles. The normalized spacial score (nSPS) is 36.8. The van der Waals surface area contributed by atoms with Crippen molar-refractivity contribution < 1.29 is 18.3 Å². The van der Waals surface area contributed by atoms with Gasteiger partial charge in [0.15, 0.2) is 0 Å². The predicted octanol–water partition coefficient (Wildman–Crippen LogP) is 2.17. The third-order valence-corrected chi connectivity index (χ3v) is 3.86. The number of nitrogens with zero attached hydrogens (tertiary/aromatic N) is 1. The van der Waals surface area contributed by atoms with Gasteiger partial charge in [0.25, 0.3) is 0 Å². The van der Waals surface area contributed by atoms with E-state index in [2.05, 4.69) is 0 Å². The Morgan fingerprint density at radius 1 is 1.12 bits per heavy atom. The van der Waals surface area contributed by atoms with Crippen LogP contribution in [0.2, 0.25) is 0 Å². The van der Waals surface area contributed by atoms with Crippen molar-refractivity contribution >= 4 is 0 Å². The van der Waals surface area contributed by atoms with Crippen molar-refractivity contribution in [1.82, 2.24) is 4.90 Å². The topological polar surface area (TPSA) is 23.5 Å². The van der Waals surface area contributed by atoms with Crippen LogP contribution in [0.3, 0.4) is 0 Å². The number of hydrogen-bond donors (Lipinski definition) is 1. The zero-order valence-corrected chi connectivity index (χ0v) is 9.37. The summed E-state index contributed by atoms with van der Waals surface area (Å²) in [4.78, 5) is 1.83. The van der Waals surface area contributed by atoms with Gasteiger partial charge in [-0.2, -0.15) is 13.2 Å². The first-order chi connectivity index (χ1) is 7.39. The van der Waals surface area contributed by atoms with Crippen molar-refractivity contribution in [3.8, 4) is 0 Å². The molecule has 94 valence electrons. The Balaban J connectivity index is 2.08. The molecule has 0 amide bonds. The first-order valence-electron chi connectivity index (χ1n) is 5.86. The van der Waals surface area contributed by atoms with E-state index in [1.54, 1.807) is 7.05 Å². The largest absolute Gasteiger partial charge is 0.393 e. The van der Waals surface area contributed by atoms with Gasteiger partial charge in [-0.1, -0.05) is 0 Å². The highest BCUT2D eigenvalue weighted by molar-refractivity contribution is 4.95. The van der Waals surface area contributed by atoms with E-state index in [4.69, 9.17) is 0 Å². The first kappa shape index (κ1) is 12.2. The highest BCUT2D eigenvalue weighted by Gasteiger charge is 2.50. The van der Waals surface area contributed by atoms with Crippen molar-refractivity contribution in [2.45, 2.75) is 56.5 Å². The molecule has 2 saturated carbocycles. The molecular weight excluding hydrogens is 219 g/mol. The molecule has 3 atom stereocenters. The molecule has 0 heterocycles. The first-order valence-corrected chi connectivity index (χ1v) is 5.86. The standard InChI is InChI=1S/C11H18F3NO/c1-15(7-2-3-7)10-6-8(16)4-5-9(10)11(12,13)14/h7-10,16H,2-6H2,1H3. The van der Waals surface area contributed by atoms with E-state index in [-0.39, 0.29) is 19.3 Å². The number of hydrogen-bond acceptors (Lipinski definition) is 2. The Kier molecular flexibility index (Phi) is 3.18. The van der Waals surface area contributed by atoms with E-state index >= 15 is 0 Å². The van der Waals surface area contributed by atoms with Gasteiger partial charge in [-0.05, 0) is 39.2 Å². The Bertz CT molecular complexity index is 252. The molecule has 0 radical (unpaired) electrons. The lowest BCUT2D eigenvalue weighted by Gasteiger charge is -2.40. The van der Waals surface area contributed by atoms with Gasteiger partial charge in [0, 0.05) is 12.1 Å². The molecule has 0 aromatic carbocycles. The summed E-state index contributed by atoms with van der Waals surface area (Å²) in [7, 11) is 1.76. The number of alkyl halides is 3. The molecule has 1 N–H and O–H groups in total. The number of halogens is 3. The molecule has 0 aromatic rings. The van der Waals surface area contributed by atoms with Crippen molar-refractivity contribution in [2.75, 3.05) is 7.05 Å². The highest BCUT2D eigenvalue weighted by Crippen LogP contribution is 2.42. The Morgan fingerprint density at radius 2 is 1.75 bits per heavy atom. The van der Waals surface area contributed by atoms with Gasteiger partial charge < -0.3 is 5.11 Å². The van der Waals surface area contributed by atoms with Gasteiger partial charge >= 0.3 is 6.18 Å². The molecule has 16 heavy (non-hydrogen) atoms. The van der Waals surface area contributed by atoms with Crippen molar-refractivity contribution in [2.24, 2.45) is 5.92 Å². The van der Waals surface area contributed by atoms with E-state index in [1.165, 1.54) is 0 Å². The molecule has 0 saturated heterocycles. The van der Waals surface area contributed by atoms with Crippen LogP contribution in [0.15, 0.2) is 0 Å². The van der Waals surface area contributed by atoms with Gasteiger partial charge in [0.1, 0.15) is 0 Å². The monoisotopic (exact) mass is 237 g/mol. The lowest BCUT2D eigenvalue weighted by molar-refractivity contribution is -0.204. The maximum atomic E-state index is 12.9. The average Bonchev–Trinajstić information content (AvgIpc) is 2.97. The van der Waals surface area contributed by atoms with E-state index < -0.39 is 24.2 Å². The van der Waals surface area contributed by atoms with Gasteiger partial charge in [-0.3, -0.25) is 4.90 Å². The molecule has 2 aliphatic rings. The predicted molar refractivity (Wildman–Crippen MR) is 54.0 cm³/mol. The summed E-state index contributed by atoms with van der Waals surface area (Å²) in [6, 6.07) is -0.226. The quantitative estimate of drug-likeness (QED) is 0.795. The van der Waals surface area contributed by atoms with Crippen LogP contribution in [0.5, 0.6) is 0 Å². The van der Waals surface area contributed by atoms with Crippen molar-refractivity contribution in [1.29, 1.82) is 0 Å². The molecule has 5 heteroatoms. The Morgan fingerprint density at radius 3 is 2.25 bits per heavy atom. The van der Waals surface area contributed by atoms with Crippen LogP contribution >= 0.6 is 0 Å². The SMILES string of the molecule is CN(C1CC1)C1CC(O)CCC1C(F)(F)F.